The molecule has 17 heavy (non-hydrogen) atoms. The van der Waals surface area contributed by atoms with E-state index < -0.39 is 5.91 Å². The monoisotopic (exact) mass is 236 g/mol. The molecule has 1 rings (SSSR count). The fourth-order valence-electron chi connectivity index (χ4n) is 1.35. The van der Waals surface area contributed by atoms with Crippen LogP contribution in [0.2, 0.25) is 0 Å². The molecule has 0 aliphatic heterocycles. The number of carbonyl (C=O) groups excluding carboxylic acids is 2. The maximum absolute atomic E-state index is 11.5. The van der Waals surface area contributed by atoms with Gasteiger partial charge in [-0.25, -0.2) is 5.48 Å². The van der Waals surface area contributed by atoms with Gasteiger partial charge in [-0.1, -0.05) is 13.8 Å². The lowest BCUT2D eigenvalue weighted by molar-refractivity contribution is -0.116. The third kappa shape index (κ3) is 4.24. The first-order chi connectivity index (χ1) is 8.02. The van der Waals surface area contributed by atoms with Gasteiger partial charge in [0.2, 0.25) is 5.91 Å². The average Bonchev–Trinajstić information content (AvgIpc) is 2.28. The molecule has 3 N–H and O–H groups in total. The van der Waals surface area contributed by atoms with Crippen molar-refractivity contribution in [2.75, 3.05) is 5.32 Å². The molecule has 0 heterocycles. The Labute approximate surface area is 99.8 Å². The van der Waals surface area contributed by atoms with E-state index >= 15 is 0 Å². The lowest BCUT2D eigenvalue weighted by Crippen LogP contribution is -2.18. The SMILES string of the molecule is CC(C)CC(=O)Nc1ccc(C(=O)NO)cc1. The van der Waals surface area contributed by atoms with Gasteiger partial charge in [0.25, 0.3) is 5.91 Å². The molecule has 2 amide bonds. The summed E-state index contributed by atoms with van der Waals surface area (Å²) in [6.07, 6.45) is 0.457. The zero-order valence-electron chi connectivity index (χ0n) is 9.86. The Morgan fingerprint density at radius 2 is 1.82 bits per heavy atom. The second-order valence-corrected chi connectivity index (χ2v) is 4.16. The molecule has 1 aromatic rings. The van der Waals surface area contributed by atoms with Crippen molar-refractivity contribution >= 4 is 17.5 Å². The number of carbonyl (C=O) groups is 2. The van der Waals surface area contributed by atoms with Gasteiger partial charge < -0.3 is 5.32 Å². The lowest BCUT2D eigenvalue weighted by Gasteiger charge is -2.07. The van der Waals surface area contributed by atoms with Crippen molar-refractivity contribution in [2.24, 2.45) is 5.92 Å². The Bertz CT molecular complexity index is 399. The van der Waals surface area contributed by atoms with Crippen molar-refractivity contribution in [3.8, 4) is 0 Å². The summed E-state index contributed by atoms with van der Waals surface area (Å²) in [6, 6.07) is 6.28. The van der Waals surface area contributed by atoms with Crippen LogP contribution in [-0.4, -0.2) is 17.0 Å². The Morgan fingerprint density at radius 3 is 2.29 bits per heavy atom. The van der Waals surface area contributed by atoms with Gasteiger partial charge in [-0.3, -0.25) is 14.8 Å². The zero-order valence-corrected chi connectivity index (χ0v) is 9.86. The fraction of sp³-hybridized carbons (Fsp3) is 0.333. The first-order valence-electron chi connectivity index (χ1n) is 5.37. The number of anilines is 1. The minimum absolute atomic E-state index is 0.0561. The molecule has 0 fully saturated rings. The van der Waals surface area contributed by atoms with Crippen molar-refractivity contribution in [1.29, 1.82) is 0 Å². The number of hydroxylamine groups is 1. The molecular formula is C12H16N2O3. The molecule has 92 valence electrons. The summed E-state index contributed by atoms with van der Waals surface area (Å²) >= 11 is 0. The maximum atomic E-state index is 11.5. The zero-order chi connectivity index (χ0) is 12.8. The van der Waals surface area contributed by atoms with E-state index in [1.165, 1.54) is 12.1 Å². The number of hydrogen-bond acceptors (Lipinski definition) is 3. The average molecular weight is 236 g/mol. The molecule has 5 nitrogen and oxygen atoms in total. The van der Waals surface area contributed by atoms with E-state index in [-0.39, 0.29) is 5.91 Å². The number of benzene rings is 1. The first kappa shape index (κ1) is 13.2. The van der Waals surface area contributed by atoms with E-state index in [1.807, 2.05) is 13.8 Å². The summed E-state index contributed by atoms with van der Waals surface area (Å²) in [4.78, 5) is 22.5. The molecule has 5 heteroatoms. The van der Waals surface area contributed by atoms with Gasteiger partial charge in [-0.2, -0.15) is 0 Å². The van der Waals surface area contributed by atoms with Crippen molar-refractivity contribution < 1.29 is 14.8 Å². The molecule has 0 radical (unpaired) electrons. The molecule has 0 saturated carbocycles. The number of amides is 2. The molecule has 0 bridgehead atoms. The molecule has 0 unspecified atom stereocenters. The highest BCUT2D eigenvalue weighted by molar-refractivity contribution is 5.95. The molecule has 0 spiro atoms. The lowest BCUT2D eigenvalue weighted by atomic mass is 10.1. The number of rotatable bonds is 4. The third-order valence-corrected chi connectivity index (χ3v) is 2.13. The fourth-order valence-corrected chi connectivity index (χ4v) is 1.35. The van der Waals surface area contributed by atoms with Crippen molar-refractivity contribution in [1.82, 2.24) is 5.48 Å². The van der Waals surface area contributed by atoms with Crippen LogP contribution in [0.4, 0.5) is 5.69 Å². The topological polar surface area (TPSA) is 78.4 Å². The van der Waals surface area contributed by atoms with E-state index in [4.69, 9.17) is 5.21 Å². The van der Waals surface area contributed by atoms with Crippen molar-refractivity contribution in [2.45, 2.75) is 20.3 Å². The smallest absolute Gasteiger partial charge is 0.274 e. The highest BCUT2D eigenvalue weighted by Gasteiger charge is 2.06. The van der Waals surface area contributed by atoms with Gasteiger partial charge in [0.1, 0.15) is 0 Å². The van der Waals surface area contributed by atoms with Gasteiger partial charge in [0.15, 0.2) is 0 Å². The van der Waals surface area contributed by atoms with Crippen molar-refractivity contribution in [3.63, 3.8) is 0 Å². The quantitative estimate of drug-likeness (QED) is 0.551. The van der Waals surface area contributed by atoms with E-state index in [9.17, 15) is 9.59 Å². The van der Waals surface area contributed by atoms with Crippen LogP contribution in [0.5, 0.6) is 0 Å². The standard InChI is InChI=1S/C12H16N2O3/c1-8(2)7-11(15)13-10-5-3-9(4-6-10)12(16)14-17/h3-6,8,17H,7H2,1-2H3,(H,13,15)(H,14,16). The van der Waals surface area contributed by atoms with E-state index in [0.29, 0.717) is 23.6 Å². The van der Waals surface area contributed by atoms with E-state index in [1.54, 1.807) is 17.6 Å². The third-order valence-electron chi connectivity index (χ3n) is 2.13. The predicted octanol–water partition coefficient (Wildman–Crippen LogP) is 1.79. The Balaban J connectivity index is 2.62. The highest BCUT2D eigenvalue weighted by atomic mass is 16.5. The number of nitrogens with one attached hydrogen (secondary N) is 2. The summed E-state index contributed by atoms with van der Waals surface area (Å²) in [5.74, 6) is -0.334. The van der Waals surface area contributed by atoms with Crippen LogP contribution in [0.15, 0.2) is 24.3 Å². The summed E-state index contributed by atoms with van der Waals surface area (Å²) in [5.41, 5.74) is 2.50. The van der Waals surface area contributed by atoms with Gasteiger partial charge in [-0.15, -0.1) is 0 Å². The molecule has 1 aromatic carbocycles. The first-order valence-corrected chi connectivity index (χ1v) is 5.37. The second-order valence-electron chi connectivity index (χ2n) is 4.16. The van der Waals surface area contributed by atoms with Gasteiger partial charge in [0.05, 0.1) is 0 Å². The van der Waals surface area contributed by atoms with Crippen LogP contribution in [0.1, 0.15) is 30.6 Å². The normalized spacial score (nSPS) is 10.1. The van der Waals surface area contributed by atoms with E-state index in [2.05, 4.69) is 5.32 Å². The van der Waals surface area contributed by atoms with Crippen LogP contribution in [0, 0.1) is 5.92 Å². The van der Waals surface area contributed by atoms with Gasteiger partial charge >= 0.3 is 0 Å². The number of hydrogen-bond donors (Lipinski definition) is 3. The molecule has 0 aromatic heterocycles. The Morgan fingerprint density at radius 1 is 1.24 bits per heavy atom. The summed E-state index contributed by atoms with van der Waals surface area (Å²) in [6.45, 7) is 3.93. The Kier molecular flexibility index (Phi) is 4.66. The summed E-state index contributed by atoms with van der Waals surface area (Å²) in [5, 5.41) is 11.2. The summed E-state index contributed by atoms with van der Waals surface area (Å²) in [7, 11) is 0. The predicted molar refractivity (Wildman–Crippen MR) is 63.8 cm³/mol. The van der Waals surface area contributed by atoms with Crippen LogP contribution < -0.4 is 10.8 Å². The minimum Gasteiger partial charge on any atom is -0.326 e. The molecule has 0 aliphatic carbocycles. The van der Waals surface area contributed by atoms with E-state index in [0.717, 1.165) is 0 Å². The Hall–Kier alpha value is -1.88. The van der Waals surface area contributed by atoms with Gasteiger partial charge in [-0.05, 0) is 30.2 Å². The van der Waals surface area contributed by atoms with Crippen LogP contribution in [-0.2, 0) is 4.79 Å². The second kappa shape index (κ2) is 6.00. The molecule has 0 saturated heterocycles. The molecule has 0 atom stereocenters. The molecule has 0 aliphatic rings. The van der Waals surface area contributed by atoms with Crippen LogP contribution in [0.25, 0.3) is 0 Å². The maximum Gasteiger partial charge on any atom is 0.274 e. The van der Waals surface area contributed by atoms with Crippen LogP contribution >= 0.6 is 0 Å². The minimum atomic E-state index is -0.579. The van der Waals surface area contributed by atoms with Crippen LogP contribution in [0.3, 0.4) is 0 Å². The van der Waals surface area contributed by atoms with Gasteiger partial charge in [0, 0.05) is 17.7 Å². The molecular weight excluding hydrogens is 220 g/mol. The van der Waals surface area contributed by atoms with Crippen molar-refractivity contribution in [3.05, 3.63) is 29.8 Å². The highest BCUT2D eigenvalue weighted by Crippen LogP contribution is 2.11. The largest absolute Gasteiger partial charge is 0.326 e. The summed E-state index contributed by atoms with van der Waals surface area (Å²) < 4.78 is 0.